The number of urea groups is 1. The van der Waals surface area contributed by atoms with Crippen LogP contribution in [0.3, 0.4) is 0 Å². The summed E-state index contributed by atoms with van der Waals surface area (Å²) in [4.78, 5) is 17.3. The lowest BCUT2D eigenvalue weighted by Crippen LogP contribution is -2.50. The molecule has 1 aromatic rings. The number of para-hydroxylation sites is 1. The number of amides is 2. The van der Waals surface area contributed by atoms with E-state index in [1.54, 1.807) is 6.07 Å². The predicted molar refractivity (Wildman–Crippen MR) is 108 cm³/mol. The number of ether oxygens (including phenoxy) is 2. The number of rotatable bonds is 7. The second-order valence-corrected chi connectivity index (χ2v) is 7.48. The normalized spacial score (nSPS) is 20.7. The van der Waals surface area contributed by atoms with Crippen LogP contribution in [0.5, 0.6) is 5.75 Å². The van der Waals surface area contributed by atoms with Gasteiger partial charge in [0.2, 0.25) is 0 Å². The molecule has 2 heterocycles. The van der Waals surface area contributed by atoms with Crippen molar-refractivity contribution in [2.45, 2.75) is 38.6 Å². The minimum atomic E-state index is -0.0872. The molecule has 0 spiro atoms. The van der Waals surface area contributed by atoms with Gasteiger partial charge in [-0.05, 0) is 57.8 Å². The maximum absolute atomic E-state index is 12.8. The highest BCUT2D eigenvalue weighted by Crippen LogP contribution is 2.33. The third kappa shape index (κ3) is 5.50. The van der Waals surface area contributed by atoms with Crippen molar-refractivity contribution in [1.82, 2.24) is 9.80 Å². The Morgan fingerprint density at radius 2 is 2.04 bits per heavy atom. The zero-order valence-electron chi connectivity index (χ0n) is 16.1. The Morgan fingerprint density at radius 1 is 1.22 bits per heavy atom. The van der Waals surface area contributed by atoms with Crippen molar-refractivity contribution in [3.05, 3.63) is 23.2 Å². The lowest BCUT2D eigenvalue weighted by Gasteiger charge is -2.37. The van der Waals surface area contributed by atoms with Crippen LogP contribution >= 0.6 is 11.6 Å². The molecule has 2 amide bonds. The molecule has 1 atom stereocenters. The fourth-order valence-electron chi connectivity index (χ4n) is 3.84. The molecule has 2 aliphatic heterocycles. The number of hydrogen-bond donors (Lipinski definition) is 1. The number of halogens is 1. The summed E-state index contributed by atoms with van der Waals surface area (Å²) in [6, 6.07) is 5.79. The third-order valence-corrected chi connectivity index (χ3v) is 5.53. The molecule has 0 aliphatic carbocycles. The van der Waals surface area contributed by atoms with Crippen molar-refractivity contribution < 1.29 is 14.3 Å². The number of hydrogen-bond acceptors (Lipinski definition) is 4. The van der Waals surface area contributed by atoms with Gasteiger partial charge in [-0.1, -0.05) is 17.7 Å². The Bertz CT molecular complexity index is 622. The highest BCUT2D eigenvalue weighted by atomic mass is 35.5. The van der Waals surface area contributed by atoms with E-state index in [1.165, 1.54) is 19.3 Å². The van der Waals surface area contributed by atoms with Gasteiger partial charge in [-0.15, -0.1) is 0 Å². The molecule has 1 aromatic carbocycles. The molecular formula is C20H30ClN3O3. The fraction of sp³-hybridized carbons (Fsp3) is 0.650. The third-order valence-electron chi connectivity index (χ3n) is 5.23. The topological polar surface area (TPSA) is 54.0 Å². The van der Waals surface area contributed by atoms with E-state index in [-0.39, 0.29) is 6.03 Å². The minimum Gasteiger partial charge on any atom is -0.487 e. The molecule has 0 bridgehead atoms. The van der Waals surface area contributed by atoms with Gasteiger partial charge in [0.25, 0.3) is 0 Å². The number of carbonyl (C=O) groups is 1. The van der Waals surface area contributed by atoms with Gasteiger partial charge < -0.3 is 19.7 Å². The standard InChI is InChI=1S/C20H30ClN3O3/c1-2-26-13-14-27-19-17(21)8-5-9-18(19)22-20(25)24-12-6-7-16(15-24)23-10-3-4-11-23/h5,8-9,16H,2-4,6-7,10-15H2,1H3,(H,22,25)/t16-/m1/s1. The second-order valence-electron chi connectivity index (χ2n) is 7.08. The minimum absolute atomic E-state index is 0.0872. The molecule has 2 fully saturated rings. The summed E-state index contributed by atoms with van der Waals surface area (Å²) in [5, 5.41) is 3.48. The number of likely N-dealkylation sites (tertiary alicyclic amines) is 2. The van der Waals surface area contributed by atoms with Crippen LogP contribution in [-0.2, 0) is 4.74 Å². The first-order chi connectivity index (χ1) is 13.2. The van der Waals surface area contributed by atoms with Gasteiger partial charge in [-0.25, -0.2) is 4.79 Å². The Labute approximate surface area is 166 Å². The Balaban J connectivity index is 1.60. The molecule has 2 aliphatic rings. The summed E-state index contributed by atoms with van der Waals surface area (Å²) in [5.41, 5.74) is 0.604. The van der Waals surface area contributed by atoms with Crippen molar-refractivity contribution in [3.63, 3.8) is 0 Å². The van der Waals surface area contributed by atoms with Crippen molar-refractivity contribution in [3.8, 4) is 5.75 Å². The Kier molecular flexibility index (Phi) is 7.61. The number of anilines is 1. The van der Waals surface area contributed by atoms with Crippen molar-refractivity contribution in [1.29, 1.82) is 0 Å². The number of carbonyl (C=O) groups excluding carboxylic acids is 1. The molecular weight excluding hydrogens is 366 g/mol. The predicted octanol–water partition coefficient (Wildman–Crippen LogP) is 3.85. The first kappa shape index (κ1) is 20.2. The lowest BCUT2D eigenvalue weighted by atomic mass is 10.0. The summed E-state index contributed by atoms with van der Waals surface area (Å²) in [7, 11) is 0. The van der Waals surface area contributed by atoms with Crippen molar-refractivity contribution in [2.24, 2.45) is 0 Å². The lowest BCUT2D eigenvalue weighted by molar-refractivity contribution is 0.110. The van der Waals surface area contributed by atoms with E-state index in [1.807, 2.05) is 24.0 Å². The summed E-state index contributed by atoms with van der Waals surface area (Å²) >= 11 is 6.28. The Hall–Kier alpha value is -1.50. The summed E-state index contributed by atoms with van der Waals surface area (Å²) in [5.74, 6) is 0.500. The van der Waals surface area contributed by atoms with Crippen LogP contribution in [0.2, 0.25) is 5.02 Å². The van der Waals surface area contributed by atoms with E-state index in [0.717, 1.165) is 32.6 Å². The average Bonchev–Trinajstić information content (AvgIpc) is 3.22. The number of benzene rings is 1. The van der Waals surface area contributed by atoms with Crippen LogP contribution < -0.4 is 10.1 Å². The molecule has 2 saturated heterocycles. The van der Waals surface area contributed by atoms with Gasteiger partial charge in [0, 0.05) is 25.7 Å². The van der Waals surface area contributed by atoms with Crippen molar-refractivity contribution >= 4 is 23.3 Å². The van der Waals surface area contributed by atoms with Gasteiger partial charge in [-0.2, -0.15) is 0 Å². The average molecular weight is 396 g/mol. The largest absolute Gasteiger partial charge is 0.487 e. The zero-order valence-corrected chi connectivity index (χ0v) is 16.8. The second kappa shape index (κ2) is 10.2. The first-order valence-corrected chi connectivity index (χ1v) is 10.4. The molecule has 7 heteroatoms. The Morgan fingerprint density at radius 3 is 2.81 bits per heavy atom. The molecule has 6 nitrogen and oxygen atoms in total. The number of nitrogens with zero attached hydrogens (tertiary/aromatic N) is 2. The number of nitrogens with one attached hydrogen (secondary N) is 1. The molecule has 0 radical (unpaired) electrons. The molecule has 0 unspecified atom stereocenters. The molecule has 27 heavy (non-hydrogen) atoms. The van der Waals surface area contributed by atoms with E-state index in [0.29, 0.717) is 42.3 Å². The fourth-order valence-corrected chi connectivity index (χ4v) is 4.07. The first-order valence-electron chi connectivity index (χ1n) is 9.98. The SMILES string of the molecule is CCOCCOc1c(Cl)cccc1NC(=O)N1CCC[C@@H](N2CCCC2)C1. The summed E-state index contributed by atoms with van der Waals surface area (Å²) in [6.07, 6.45) is 4.76. The molecule has 3 rings (SSSR count). The van der Waals surface area contributed by atoms with Crippen LogP contribution in [0.1, 0.15) is 32.6 Å². The maximum Gasteiger partial charge on any atom is 0.322 e. The van der Waals surface area contributed by atoms with Crippen LogP contribution in [-0.4, -0.2) is 67.9 Å². The highest BCUT2D eigenvalue weighted by molar-refractivity contribution is 6.32. The van der Waals surface area contributed by atoms with Crippen molar-refractivity contribution in [2.75, 3.05) is 51.3 Å². The van der Waals surface area contributed by atoms with Crippen LogP contribution in [0, 0.1) is 0 Å². The van der Waals surface area contributed by atoms with Crippen LogP contribution in [0.15, 0.2) is 18.2 Å². The van der Waals surface area contributed by atoms with Gasteiger partial charge in [0.15, 0.2) is 5.75 Å². The quantitative estimate of drug-likeness (QED) is 0.712. The van der Waals surface area contributed by atoms with E-state index in [2.05, 4.69) is 10.2 Å². The highest BCUT2D eigenvalue weighted by Gasteiger charge is 2.29. The maximum atomic E-state index is 12.8. The molecule has 0 saturated carbocycles. The van der Waals surface area contributed by atoms with Crippen LogP contribution in [0.25, 0.3) is 0 Å². The van der Waals surface area contributed by atoms with E-state index >= 15 is 0 Å². The molecule has 0 aromatic heterocycles. The van der Waals surface area contributed by atoms with E-state index < -0.39 is 0 Å². The van der Waals surface area contributed by atoms with E-state index in [4.69, 9.17) is 21.1 Å². The van der Waals surface area contributed by atoms with Crippen LogP contribution in [0.4, 0.5) is 10.5 Å². The summed E-state index contributed by atoms with van der Waals surface area (Å²) in [6.45, 7) is 7.35. The van der Waals surface area contributed by atoms with Gasteiger partial charge >= 0.3 is 6.03 Å². The smallest absolute Gasteiger partial charge is 0.322 e. The molecule has 150 valence electrons. The zero-order chi connectivity index (χ0) is 19.1. The number of piperidine rings is 1. The monoisotopic (exact) mass is 395 g/mol. The van der Waals surface area contributed by atoms with Gasteiger partial charge in [0.1, 0.15) is 6.61 Å². The van der Waals surface area contributed by atoms with E-state index in [9.17, 15) is 4.79 Å². The van der Waals surface area contributed by atoms with Gasteiger partial charge in [0.05, 0.1) is 17.3 Å². The summed E-state index contributed by atoms with van der Waals surface area (Å²) < 4.78 is 11.1. The molecule has 1 N–H and O–H groups in total. The van der Waals surface area contributed by atoms with Gasteiger partial charge in [-0.3, -0.25) is 4.90 Å².